The summed E-state index contributed by atoms with van der Waals surface area (Å²) in [6.07, 6.45) is 7.34. The van der Waals surface area contributed by atoms with Crippen molar-refractivity contribution >= 4 is 29.2 Å². The predicted molar refractivity (Wildman–Crippen MR) is 266 cm³/mol. The highest BCUT2D eigenvalue weighted by Gasteiger charge is 2.52. The molecule has 3 aliphatic rings. The van der Waals surface area contributed by atoms with Crippen molar-refractivity contribution in [3.05, 3.63) is 126 Å². The Kier molecular flexibility index (Phi) is 13.2. The fraction of sp³-hybridized carbons (Fsp3) is 0.455. The van der Waals surface area contributed by atoms with Crippen molar-refractivity contribution in [2.24, 2.45) is 13.0 Å². The molecule has 10 nitrogen and oxygen atoms in total. The molecule has 6 aromatic rings. The van der Waals surface area contributed by atoms with Crippen molar-refractivity contribution in [2.45, 2.75) is 123 Å². The molecule has 2 aliphatic heterocycles. The summed E-state index contributed by atoms with van der Waals surface area (Å²) >= 11 is 0. The van der Waals surface area contributed by atoms with Crippen LogP contribution in [0.5, 0.6) is 17.5 Å². The van der Waals surface area contributed by atoms with E-state index >= 15 is 0 Å². The van der Waals surface area contributed by atoms with E-state index in [9.17, 15) is 0 Å². The van der Waals surface area contributed by atoms with Gasteiger partial charge in [-0.3, -0.25) is 9.58 Å². The number of aromatic nitrogens is 3. The molecule has 9 rings (SSSR count). The summed E-state index contributed by atoms with van der Waals surface area (Å²) in [4.78, 5) is 10.1. The Bertz CT molecular complexity index is 2570. The largest absolute Gasteiger partial charge is 0.495 e. The predicted octanol–water partition coefficient (Wildman–Crippen LogP) is 10.7. The molecule has 0 N–H and O–H groups in total. The van der Waals surface area contributed by atoms with Gasteiger partial charge in [-0.15, -0.1) is 0 Å². The number of fused-ring (bicyclic) bond motifs is 1. The van der Waals surface area contributed by atoms with Gasteiger partial charge >= 0.3 is 7.12 Å². The van der Waals surface area contributed by atoms with Crippen LogP contribution < -0.4 is 24.6 Å². The second kappa shape index (κ2) is 19.1. The smallest absolute Gasteiger partial charge is 0.490 e. The molecule has 0 radical (unpaired) electrons. The van der Waals surface area contributed by atoms with Gasteiger partial charge in [0.25, 0.3) is 0 Å². The molecule has 4 aromatic carbocycles. The van der Waals surface area contributed by atoms with Crippen LogP contribution >= 0.6 is 0 Å². The van der Waals surface area contributed by atoms with Crippen molar-refractivity contribution < 1.29 is 23.5 Å². The highest BCUT2D eigenvalue weighted by molar-refractivity contribution is 6.62. The average Bonchev–Trinajstić information content (AvgIpc) is 3.77. The number of rotatable bonds is 15. The third-order valence-electron chi connectivity index (χ3n) is 15.0. The fourth-order valence-corrected chi connectivity index (χ4v) is 9.88. The van der Waals surface area contributed by atoms with Crippen LogP contribution in [0.3, 0.4) is 0 Å². The number of anilines is 1. The first-order chi connectivity index (χ1) is 31.7. The minimum atomic E-state index is -0.382. The first-order valence-electron chi connectivity index (χ1n) is 24.2. The molecule has 3 fully saturated rings. The van der Waals surface area contributed by atoms with Gasteiger partial charge in [0.15, 0.2) is 0 Å². The van der Waals surface area contributed by atoms with E-state index in [0.717, 1.165) is 95.0 Å². The lowest BCUT2D eigenvalue weighted by atomic mass is 9.76. The summed E-state index contributed by atoms with van der Waals surface area (Å²) in [5.74, 6) is 2.71. The Balaban J connectivity index is 0.789. The third-order valence-corrected chi connectivity index (χ3v) is 15.0. The molecular weight excluding hydrogens is 821 g/mol. The van der Waals surface area contributed by atoms with Gasteiger partial charge in [0, 0.05) is 55.9 Å². The molecule has 2 aromatic heterocycles. The maximum atomic E-state index is 6.69. The minimum Gasteiger partial charge on any atom is -0.490 e. The van der Waals surface area contributed by atoms with Gasteiger partial charge < -0.3 is 28.4 Å². The number of nitrogens with zero attached hydrogens (tertiary/aromatic N) is 5. The molecule has 0 atom stereocenters. The van der Waals surface area contributed by atoms with Crippen molar-refractivity contribution in [3.8, 4) is 28.8 Å². The van der Waals surface area contributed by atoms with Crippen molar-refractivity contribution in [1.82, 2.24) is 19.7 Å². The number of hydrogen-bond acceptors (Lipinski definition) is 9. The second-order valence-electron chi connectivity index (χ2n) is 20.4. The van der Waals surface area contributed by atoms with Crippen LogP contribution in [0.4, 0.5) is 5.69 Å². The number of pyridine rings is 1. The Morgan fingerprint density at radius 2 is 1.39 bits per heavy atom. The molecule has 2 saturated heterocycles. The first kappa shape index (κ1) is 45.8. The van der Waals surface area contributed by atoms with Gasteiger partial charge in [0.05, 0.1) is 28.4 Å². The Hall–Kier alpha value is -5.36. The monoisotopic (exact) mass is 890 g/mol. The van der Waals surface area contributed by atoms with Gasteiger partial charge in [0.2, 0.25) is 11.8 Å². The van der Waals surface area contributed by atoms with Gasteiger partial charge in [0.1, 0.15) is 24.7 Å². The lowest BCUT2D eigenvalue weighted by Crippen LogP contribution is -2.54. The van der Waals surface area contributed by atoms with E-state index in [1.807, 2.05) is 72.4 Å². The maximum absolute atomic E-state index is 6.69. The number of aryl methyl sites for hydroxylation is 1. The lowest BCUT2D eigenvalue weighted by Gasteiger charge is -2.45. The molecule has 346 valence electrons. The molecule has 0 spiro atoms. The quantitative estimate of drug-likeness (QED) is 0.0936. The normalized spacial score (nSPS) is 19.9. The Labute approximate surface area is 392 Å². The second-order valence-corrected chi connectivity index (χ2v) is 20.4. The molecule has 66 heavy (non-hydrogen) atoms. The van der Waals surface area contributed by atoms with Gasteiger partial charge in [-0.25, -0.2) is 0 Å². The minimum absolute atomic E-state index is 0.141. The van der Waals surface area contributed by atoms with Crippen LogP contribution in [-0.4, -0.2) is 75.8 Å². The van der Waals surface area contributed by atoms with Crippen LogP contribution in [0, 0.1) is 12.8 Å². The SMILES string of the molecule is Cc1c(O[C@H]2CC[C@H](CCC(C)(C)N3CCN(c4ccc5c(-c6ccc(OCc7ccccc7)nc6OCc6ccccc6)nn(C)c5c4)CC3)CC2)cccc1B1OC(C)(C)C(C)(C)O1. The van der Waals surface area contributed by atoms with Gasteiger partial charge in [-0.1, -0.05) is 72.8 Å². The van der Waals surface area contributed by atoms with Crippen LogP contribution in [0.15, 0.2) is 109 Å². The van der Waals surface area contributed by atoms with Crippen molar-refractivity contribution in [2.75, 3.05) is 31.1 Å². The molecule has 4 heterocycles. The van der Waals surface area contributed by atoms with E-state index in [0.29, 0.717) is 25.0 Å². The molecule has 0 amide bonds. The third kappa shape index (κ3) is 9.99. The number of benzene rings is 4. The highest BCUT2D eigenvalue weighted by Crippen LogP contribution is 2.40. The van der Waals surface area contributed by atoms with Crippen LogP contribution in [-0.2, 0) is 29.6 Å². The first-order valence-corrected chi connectivity index (χ1v) is 24.2. The summed E-state index contributed by atoms with van der Waals surface area (Å²) in [5.41, 5.74) is 7.71. The van der Waals surface area contributed by atoms with Crippen LogP contribution in [0.25, 0.3) is 22.2 Å². The average molecular weight is 890 g/mol. The number of hydrogen-bond donors (Lipinski definition) is 0. The fourth-order valence-electron chi connectivity index (χ4n) is 9.88. The lowest BCUT2D eigenvalue weighted by molar-refractivity contribution is 0.00578. The molecule has 11 heteroatoms. The van der Waals surface area contributed by atoms with E-state index in [1.54, 1.807) is 0 Å². The Morgan fingerprint density at radius 3 is 2.06 bits per heavy atom. The van der Waals surface area contributed by atoms with Gasteiger partial charge in [-0.05, 0) is 145 Å². The van der Waals surface area contributed by atoms with E-state index in [1.165, 1.54) is 31.4 Å². The topological polar surface area (TPSA) is 83.3 Å². The highest BCUT2D eigenvalue weighted by atomic mass is 16.7. The maximum Gasteiger partial charge on any atom is 0.495 e. The summed E-state index contributed by atoms with van der Waals surface area (Å²) in [5, 5.41) is 6.12. The number of ether oxygens (including phenoxy) is 3. The zero-order valence-electron chi connectivity index (χ0n) is 40.4. The van der Waals surface area contributed by atoms with Crippen molar-refractivity contribution in [1.29, 1.82) is 0 Å². The van der Waals surface area contributed by atoms with E-state index in [4.69, 9.17) is 33.6 Å². The van der Waals surface area contributed by atoms with E-state index in [2.05, 4.69) is 107 Å². The van der Waals surface area contributed by atoms with Gasteiger partial charge in [-0.2, -0.15) is 10.1 Å². The molecule has 0 unspecified atom stereocenters. The summed E-state index contributed by atoms with van der Waals surface area (Å²) < 4.78 is 34.0. The van der Waals surface area contributed by atoms with Crippen LogP contribution in [0.1, 0.15) is 96.8 Å². The van der Waals surface area contributed by atoms with E-state index in [-0.39, 0.29) is 30.0 Å². The van der Waals surface area contributed by atoms with Crippen molar-refractivity contribution in [3.63, 3.8) is 0 Å². The molecule has 1 aliphatic carbocycles. The summed E-state index contributed by atoms with van der Waals surface area (Å²) in [6, 6.07) is 37.3. The zero-order valence-corrected chi connectivity index (χ0v) is 40.4. The zero-order chi connectivity index (χ0) is 46.1. The Morgan fingerprint density at radius 1 is 0.742 bits per heavy atom. The summed E-state index contributed by atoms with van der Waals surface area (Å²) in [7, 11) is 1.64. The molecule has 0 bridgehead atoms. The number of piperazine rings is 1. The van der Waals surface area contributed by atoms with Crippen LogP contribution in [0.2, 0.25) is 0 Å². The molecular formula is C55H68BN5O5. The van der Waals surface area contributed by atoms with E-state index < -0.39 is 0 Å². The summed E-state index contributed by atoms with van der Waals surface area (Å²) in [6.45, 7) is 20.3. The standard InChI is InChI=1S/C55H68BN5O5/c1-39-47(56-65-54(4,5)55(6,7)66-56)20-15-21-49(39)64-44-25-22-40(23-26-44)30-31-53(2,3)61-34-32-60(33-35-61)43-24-27-45-48(36-43)59(8)58-51(45)46-28-29-50(62-37-41-16-11-9-12-17-41)57-52(46)63-38-42-18-13-10-14-19-42/h9-21,24,27-29,36,40,44H,22-23,25-26,30-35,37-38H2,1-8H3/t40-,44-. The molecule has 1 saturated carbocycles.